The van der Waals surface area contributed by atoms with Crippen LogP contribution in [0.25, 0.3) is 5.78 Å². The fourth-order valence-corrected chi connectivity index (χ4v) is 2.50. The van der Waals surface area contributed by atoms with Crippen LogP contribution in [0, 0.1) is 12.3 Å². The summed E-state index contributed by atoms with van der Waals surface area (Å²) < 4.78 is 39.9. The molecule has 0 unspecified atom stereocenters. The molecule has 2 aromatic rings. The fraction of sp³-hybridized carbons (Fsp3) is 0.688. The van der Waals surface area contributed by atoms with Crippen LogP contribution in [-0.2, 0) is 6.18 Å². The Kier molecular flexibility index (Phi) is 5.27. The van der Waals surface area contributed by atoms with Crippen LogP contribution in [0.2, 0.25) is 0 Å². The summed E-state index contributed by atoms with van der Waals surface area (Å²) in [5, 5.41) is 6.95. The number of fused-ring (bicyclic) bond motifs is 1. The second kappa shape index (κ2) is 6.78. The zero-order valence-electron chi connectivity index (χ0n) is 15.4. The van der Waals surface area contributed by atoms with Crippen molar-refractivity contribution >= 4 is 11.6 Å². The minimum Gasteiger partial charge on any atom is -0.367 e. The van der Waals surface area contributed by atoms with Crippen molar-refractivity contribution in [2.75, 3.05) is 26.0 Å². The molecular weight excluding hydrogens is 333 g/mol. The molecule has 9 heteroatoms. The summed E-state index contributed by atoms with van der Waals surface area (Å²) in [6.45, 7) is 8.85. The maximum atomic E-state index is 12.9. The van der Waals surface area contributed by atoms with E-state index in [1.54, 1.807) is 13.0 Å². The lowest BCUT2D eigenvalue weighted by Gasteiger charge is -2.33. The molecule has 0 radical (unpaired) electrons. The number of halogens is 3. The predicted molar refractivity (Wildman–Crippen MR) is 90.6 cm³/mol. The van der Waals surface area contributed by atoms with Gasteiger partial charge in [-0.05, 0) is 39.4 Å². The van der Waals surface area contributed by atoms with Crippen LogP contribution in [-0.4, -0.2) is 51.2 Å². The predicted octanol–water partition coefficient (Wildman–Crippen LogP) is 3.23. The smallest absolute Gasteiger partial charge is 0.367 e. The summed E-state index contributed by atoms with van der Waals surface area (Å²) in [5.41, 5.74) is 0.490. The van der Waals surface area contributed by atoms with Crippen LogP contribution in [0.5, 0.6) is 0 Å². The molecule has 0 spiro atoms. The molecule has 0 saturated heterocycles. The van der Waals surface area contributed by atoms with Crippen LogP contribution < -0.4 is 5.32 Å². The van der Waals surface area contributed by atoms with Crippen molar-refractivity contribution in [3.63, 3.8) is 0 Å². The lowest BCUT2D eigenvalue weighted by molar-refractivity contribution is -0.144. The summed E-state index contributed by atoms with van der Waals surface area (Å²) in [6.07, 6.45) is -3.77. The largest absolute Gasteiger partial charge is 0.453 e. The molecule has 140 valence electrons. The highest BCUT2D eigenvalue weighted by Crippen LogP contribution is 2.29. The van der Waals surface area contributed by atoms with Crippen molar-refractivity contribution < 1.29 is 13.2 Å². The molecule has 1 atom stereocenters. The molecule has 0 aliphatic rings. The molecule has 2 heterocycles. The van der Waals surface area contributed by atoms with E-state index in [2.05, 4.69) is 46.1 Å². The van der Waals surface area contributed by atoms with Gasteiger partial charge in [0.05, 0.1) is 0 Å². The third kappa shape index (κ3) is 4.81. The van der Waals surface area contributed by atoms with E-state index in [0.29, 0.717) is 11.5 Å². The molecule has 0 aliphatic carbocycles. The molecule has 0 aromatic carbocycles. The van der Waals surface area contributed by atoms with Gasteiger partial charge in [-0.2, -0.15) is 22.7 Å². The van der Waals surface area contributed by atoms with Crippen molar-refractivity contribution in [2.45, 2.75) is 46.3 Å². The Labute approximate surface area is 145 Å². The molecule has 0 saturated carbocycles. The van der Waals surface area contributed by atoms with Crippen molar-refractivity contribution in [3.8, 4) is 0 Å². The van der Waals surface area contributed by atoms with Crippen molar-refractivity contribution in [2.24, 2.45) is 5.41 Å². The Morgan fingerprint density at radius 1 is 1.20 bits per heavy atom. The molecule has 0 bridgehead atoms. The monoisotopic (exact) mass is 358 g/mol. The maximum Gasteiger partial charge on any atom is 0.453 e. The van der Waals surface area contributed by atoms with Crippen LogP contribution in [0.4, 0.5) is 19.0 Å². The number of aryl methyl sites for hydroxylation is 1. The van der Waals surface area contributed by atoms with Crippen molar-refractivity contribution in [1.82, 2.24) is 24.5 Å². The number of nitrogens with zero attached hydrogens (tertiary/aromatic N) is 5. The van der Waals surface area contributed by atoms with Gasteiger partial charge in [0.2, 0.25) is 0 Å². The normalized spacial score (nSPS) is 14.3. The fourth-order valence-electron chi connectivity index (χ4n) is 2.50. The van der Waals surface area contributed by atoms with Gasteiger partial charge in [0.15, 0.2) is 0 Å². The SMILES string of the molecule is Cc1cc(N[C@@H](CCN(C)C)C(C)(C)C)n2nc(C(F)(F)F)nc2n1. The molecule has 2 rings (SSSR count). The Balaban J connectivity index is 2.42. The van der Waals surface area contributed by atoms with Gasteiger partial charge in [0.1, 0.15) is 5.82 Å². The van der Waals surface area contributed by atoms with Gasteiger partial charge in [-0.25, -0.2) is 4.98 Å². The maximum absolute atomic E-state index is 12.9. The zero-order chi connectivity index (χ0) is 19.0. The molecule has 6 nitrogen and oxygen atoms in total. The van der Waals surface area contributed by atoms with Gasteiger partial charge < -0.3 is 10.2 Å². The van der Waals surface area contributed by atoms with E-state index < -0.39 is 12.0 Å². The molecule has 25 heavy (non-hydrogen) atoms. The average molecular weight is 358 g/mol. The highest BCUT2D eigenvalue weighted by molar-refractivity contribution is 5.46. The van der Waals surface area contributed by atoms with Crippen molar-refractivity contribution in [1.29, 1.82) is 0 Å². The summed E-state index contributed by atoms with van der Waals surface area (Å²) in [4.78, 5) is 9.65. The Hall–Kier alpha value is -1.90. The van der Waals surface area contributed by atoms with Crippen LogP contribution in [0.1, 0.15) is 38.7 Å². The molecule has 0 fully saturated rings. The van der Waals surface area contributed by atoms with Crippen LogP contribution in [0.15, 0.2) is 6.07 Å². The number of nitrogens with one attached hydrogen (secondary N) is 1. The molecule has 1 N–H and O–H groups in total. The first-order valence-corrected chi connectivity index (χ1v) is 8.11. The first-order valence-electron chi connectivity index (χ1n) is 8.11. The van der Waals surface area contributed by atoms with Gasteiger partial charge in [-0.15, -0.1) is 5.10 Å². The molecular formula is C16H25F3N6. The second-order valence-corrected chi connectivity index (χ2v) is 7.58. The number of hydrogen-bond donors (Lipinski definition) is 1. The number of alkyl halides is 3. The van der Waals surface area contributed by atoms with E-state index in [4.69, 9.17) is 0 Å². The van der Waals surface area contributed by atoms with E-state index in [1.165, 1.54) is 0 Å². The molecule has 0 aliphatic heterocycles. The van der Waals surface area contributed by atoms with Gasteiger partial charge >= 0.3 is 6.18 Å². The Morgan fingerprint density at radius 2 is 1.84 bits per heavy atom. The lowest BCUT2D eigenvalue weighted by Crippen LogP contribution is -2.37. The summed E-state index contributed by atoms with van der Waals surface area (Å²) in [7, 11) is 3.98. The van der Waals surface area contributed by atoms with E-state index >= 15 is 0 Å². The van der Waals surface area contributed by atoms with Gasteiger partial charge in [0.25, 0.3) is 11.6 Å². The van der Waals surface area contributed by atoms with Gasteiger partial charge in [-0.1, -0.05) is 20.8 Å². The first-order chi connectivity index (χ1) is 11.4. The Morgan fingerprint density at radius 3 is 2.36 bits per heavy atom. The third-order valence-corrected chi connectivity index (χ3v) is 3.93. The number of hydrogen-bond acceptors (Lipinski definition) is 5. The minimum absolute atomic E-state index is 0.0402. The summed E-state index contributed by atoms with van der Waals surface area (Å²) >= 11 is 0. The quantitative estimate of drug-likeness (QED) is 0.889. The summed E-state index contributed by atoms with van der Waals surface area (Å²) in [5.74, 6) is -0.784. The van der Waals surface area contributed by atoms with Gasteiger partial charge in [0, 0.05) is 17.8 Å². The standard InChI is InChI=1S/C16H25F3N6/c1-10-9-12(21-11(15(2,3)4)7-8-24(5)6)25-14(20-10)22-13(23-25)16(17,18)19/h9,11,21H,7-8H2,1-6H3/t11-/m0/s1. The number of aromatic nitrogens is 4. The lowest BCUT2D eigenvalue weighted by atomic mass is 9.84. The van der Waals surface area contributed by atoms with E-state index in [9.17, 15) is 13.2 Å². The first kappa shape index (κ1) is 19.4. The van der Waals surface area contributed by atoms with Crippen LogP contribution >= 0.6 is 0 Å². The highest BCUT2D eigenvalue weighted by atomic mass is 19.4. The summed E-state index contributed by atoms with van der Waals surface area (Å²) in [6, 6.07) is 1.73. The molecule has 0 amide bonds. The second-order valence-electron chi connectivity index (χ2n) is 7.58. The van der Waals surface area contributed by atoms with Crippen molar-refractivity contribution in [3.05, 3.63) is 17.6 Å². The van der Waals surface area contributed by atoms with E-state index in [1.807, 2.05) is 14.1 Å². The van der Waals surface area contributed by atoms with Gasteiger partial charge in [-0.3, -0.25) is 0 Å². The van der Waals surface area contributed by atoms with E-state index in [-0.39, 0.29) is 17.2 Å². The minimum atomic E-state index is -4.60. The van der Waals surface area contributed by atoms with E-state index in [0.717, 1.165) is 17.5 Å². The third-order valence-electron chi connectivity index (χ3n) is 3.93. The van der Waals surface area contributed by atoms with Crippen LogP contribution in [0.3, 0.4) is 0 Å². The molecule has 2 aromatic heterocycles. The number of anilines is 1. The Bertz CT molecular complexity index is 730. The zero-order valence-corrected chi connectivity index (χ0v) is 15.4. The topological polar surface area (TPSA) is 58.4 Å². The average Bonchev–Trinajstić information content (AvgIpc) is 2.85. The number of rotatable bonds is 5. The highest BCUT2D eigenvalue weighted by Gasteiger charge is 2.37.